The van der Waals surface area contributed by atoms with Crippen LogP contribution < -0.4 is 5.32 Å². The van der Waals surface area contributed by atoms with Crippen LogP contribution in [-0.4, -0.2) is 61.5 Å². The molecule has 4 nitrogen and oxygen atoms in total. The maximum absolute atomic E-state index is 13.0. The van der Waals surface area contributed by atoms with Gasteiger partial charge in [-0.25, -0.2) is 0 Å². The Kier molecular flexibility index (Phi) is 6.06. The van der Waals surface area contributed by atoms with Crippen molar-refractivity contribution in [3.8, 4) is 0 Å². The SMILES string of the molecule is CCCC1(C(=O)N2CCN(CCC(C)C)CC2)CCNC1. The summed E-state index contributed by atoms with van der Waals surface area (Å²) in [5.74, 6) is 1.18. The molecule has 1 N–H and O–H groups in total. The van der Waals surface area contributed by atoms with E-state index in [1.54, 1.807) is 0 Å². The number of carbonyl (C=O) groups is 1. The average Bonchev–Trinajstić information content (AvgIpc) is 2.95. The van der Waals surface area contributed by atoms with Gasteiger partial charge in [-0.05, 0) is 38.3 Å². The van der Waals surface area contributed by atoms with Gasteiger partial charge in [0.25, 0.3) is 0 Å². The van der Waals surface area contributed by atoms with Crippen molar-refractivity contribution in [2.45, 2.75) is 46.5 Å². The lowest BCUT2D eigenvalue weighted by atomic mass is 9.81. The van der Waals surface area contributed by atoms with Crippen LogP contribution in [-0.2, 0) is 4.79 Å². The highest BCUT2D eigenvalue weighted by atomic mass is 16.2. The molecule has 0 spiro atoms. The minimum absolute atomic E-state index is 0.102. The first-order valence-corrected chi connectivity index (χ1v) is 8.80. The molecule has 0 aromatic rings. The summed E-state index contributed by atoms with van der Waals surface area (Å²) in [7, 11) is 0. The number of nitrogens with zero attached hydrogens (tertiary/aromatic N) is 2. The Labute approximate surface area is 130 Å². The lowest BCUT2D eigenvalue weighted by Gasteiger charge is -2.39. The summed E-state index contributed by atoms with van der Waals surface area (Å²) in [6, 6.07) is 0. The van der Waals surface area contributed by atoms with Crippen LogP contribution in [0.4, 0.5) is 0 Å². The topological polar surface area (TPSA) is 35.6 Å². The molecule has 1 unspecified atom stereocenters. The zero-order valence-corrected chi connectivity index (χ0v) is 14.2. The highest BCUT2D eigenvalue weighted by Gasteiger charge is 2.43. The Balaban J connectivity index is 1.84. The molecule has 0 aromatic carbocycles. The molecular weight excluding hydrogens is 262 g/mol. The van der Waals surface area contributed by atoms with Crippen molar-refractivity contribution in [3.63, 3.8) is 0 Å². The standard InChI is InChI=1S/C17H33N3O/c1-4-6-17(7-8-18-14-17)16(21)20-12-10-19(11-13-20)9-5-15(2)3/h15,18H,4-14H2,1-3H3. The molecule has 2 rings (SSSR count). The van der Waals surface area contributed by atoms with Crippen LogP contribution in [0.2, 0.25) is 0 Å². The van der Waals surface area contributed by atoms with Gasteiger partial charge in [0.2, 0.25) is 5.91 Å². The highest BCUT2D eigenvalue weighted by Crippen LogP contribution is 2.33. The maximum Gasteiger partial charge on any atom is 0.230 e. The molecule has 0 bridgehead atoms. The molecule has 2 aliphatic rings. The van der Waals surface area contributed by atoms with Crippen LogP contribution >= 0.6 is 0 Å². The normalized spacial score (nSPS) is 27.5. The fourth-order valence-electron chi connectivity index (χ4n) is 3.68. The van der Waals surface area contributed by atoms with Crippen LogP contribution in [0.5, 0.6) is 0 Å². The zero-order valence-electron chi connectivity index (χ0n) is 14.2. The summed E-state index contributed by atoms with van der Waals surface area (Å²) in [5, 5.41) is 3.40. The molecular formula is C17H33N3O. The fourth-order valence-corrected chi connectivity index (χ4v) is 3.68. The molecule has 1 atom stereocenters. The molecule has 2 aliphatic heterocycles. The molecule has 2 fully saturated rings. The predicted octanol–water partition coefficient (Wildman–Crippen LogP) is 1.96. The maximum atomic E-state index is 13.0. The van der Waals surface area contributed by atoms with Crippen molar-refractivity contribution in [2.24, 2.45) is 11.3 Å². The highest BCUT2D eigenvalue weighted by molar-refractivity contribution is 5.83. The monoisotopic (exact) mass is 295 g/mol. The van der Waals surface area contributed by atoms with E-state index >= 15 is 0 Å². The number of carbonyl (C=O) groups excluding carboxylic acids is 1. The molecule has 2 heterocycles. The second kappa shape index (κ2) is 7.59. The number of rotatable bonds is 6. The third kappa shape index (κ3) is 4.19. The Morgan fingerprint density at radius 3 is 2.48 bits per heavy atom. The minimum atomic E-state index is -0.102. The Hall–Kier alpha value is -0.610. The van der Waals surface area contributed by atoms with Crippen LogP contribution in [0.15, 0.2) is 0 Å². The summed E-state index contributed by atoms with van der Waals surface area (Å²) >= 11 is 0. The van der Waals surface area contributed by atoms with Gasteiger partial charge in [0, 0.05) is 32.7 Å². The van der Waals surface area contributed by atoms with E-state index in [1.807, 2.05) is 0 Å². The lowest BCUT2D eigenvalue weighted by Crippen LogP contribution is -2.54. The van der Waals surface area contributed by atoms with E-state index in [0.717, 1.165) is 64.4 Å². The van der Waals surface area contributed by atoms with E-state index in [1.165, 1.54) is 13.0 Å². The van der Waals surface area contributed by atoms with E-state index in [-0.39, 0.29) is 5.41 Å². The van der Waals surface area contributed by atoms with Crippen LogP contribution in [0.1, 0.15) is 46.5 Å². The predicted molar refractivity (Wildman–Crippen MR) is 87.3 cm³/mol. The van der Waals surface area contributed by atoms with E-state index < -0.39 is 0 Å². The number of nitrogens with one attached hydrogen (secondary N) is 1. The van der Waals surface area contributed by atoms with Gasteiger partial charge in [-0.3, -0.25) is 9.69 Å². The number of amides is 1. The van der Waals surface area contributed by atoms with Crippen molar-refractivity contribution in [3.05, 3.63) is 0 Å². The van der Waals surface area contributed by atoms with Crippen LogP contribution in [0.25, 0.3) is 0 Å². The van der Waals surface area contributed by atoms with Gasteiger partial charge < -0.3 is 10.2 Å². The summed E-state index contributed by atoms with van der Waals surface area (Å²) in [4.78, 5) is 17.6. The van der Waals surface area contributed by atoms with E-state index in [9.17, 15) is 4.79 Å². The molecule has 0 saturated carbocycles. The average molecular weight is 295 g/mol. The van der Waals surface area contributed by atoms with Gasteiger partial charge in [0.05, 0.1) is 5.41 Å². The summed E-state index contributed by atoms with van der Waals surface area (Å²) in [6.07, 6.45) is 4.42. The molecule has 0 radical (unpaired) electrons. The fraction of sp³-hybridized carbons (Fsp3) is 0.941. The summed E-state index contributed by atoms with van der Waals surface area (Å²) < 4.78 is 0. The Morgan fingerprint density at radius 1 is 1.24 bits per heavy atom. The first kappa shape index (κ1) is 16.8. The van der Waals surface area contributed by atoms with Gasteiger partial charge in [-0.15, -0.1) is 0 Å². The molecule has 1 amide bonds. The third-order valence-corrected chi connectivity index (χ3v) is 5.11. The molecule has 2 saturated heterocycles. The van der Waals surface area contributed by atoms with Gasteiger partial charge in [0.15, 0.2) is 0 Å². The van der Waals surface area contributed by atoms with Gasteiger partial charge in [-0.2, -0.15) is 0 Å². The van der Waals surface area contributed by atoms with Crippen molar-refractivity contribution in [1.29, 1.82) is 0 Å². The van der Waals surface area contributed by atoms with E-state index in [4.69, 9.17) is 0 Å². The smallest absolute Gasteiger partial charge is 0.230 e. The molecule has 0 aromatic heterocycles. The molecule has 4 heteroatoms. The lowest BCUT2D eigenvalue weighted by molar-refractivity contribution is -0.143. The summed E-state index contributed by atoms with van der Waals surface area (Å²) in [6.45, 7) is 13.8. The third-order valence-electron chi connectivity index (χ3n) is 5.11. The molecule has 122 valence electrons. The largest absolute Gasteiger partial charge is 0.340 e. The Bertz CT molecular complexity index is 329. The minimum Gasteiger partial charge on any atom is -0.340 e. The van der Waals surface area contributed by atoms with E-state index in [2.05, 4.69) is 35.9 Å². The van der Waals surface area contributed by atoms with Crippen molar-refractivity contribution in [2.75, 3.05) is 45.8 Å². The number of piperazine rings is 1. The quantitative estimate of drug-likeness (QED) is 0.813. The first-order chi connectivity index (χ1) is 10.1. The second-order valence-electron chi connectivity index (χ2n) is 7.27. The van der Waals surface area contributed by atoms with E-state index in [0.29, 0.717) is 5.91 Å². The van der Waals surface area contributed by atoms with Crippen LogP contribution in [0, 0.1) is 11.3 Å². The van der Waals surface area contributed by atoms with Gasteiger partial charge in [0.1, 0.15) is 0 Å². The van der Waals surface area contributed by atoms with Gasteiger partial charge in [-0.1, -0.05) is 27.2 Å². The van der Waals surface area contributed by atoms with Crippen LogP contribution in [0.3, 0.4) is 0 Å². The second-order valence-corrected chi connectivity index (χ2v) is 7.27. The van der Waals surface area contributed by atoms with Gasteiger partial charge >= 0.3 is 0 Å². The van der Waals surface area contributed by atoms with Crippen molar-refractivity contribution >= 4 is 5.91 Å². The summed E-state index contributed by atoms with van der Waals surface area (Å²) in [5.41, 5.74) is -0.102. The molecule has 0 aliphatic carbocycles. The van der Waals surface area contributed by atoms with Crippen molar-refractivity contribution < 1.29 is 4.79 Å². The first-order valence-electron chi connectivity index (χ1n) is 8.80. The number of hydrogen-bond acceptors (Lipinski definition) is 3. The zero-order chi connectivity index (χ0) is 15.3. The number of hydrogen-bond donors (Lipinski definition) is 1. The molecule has 21 heavy (non-hydrogen) atoms. The van der Waals surface area contributed by atoms with Crippen molar-refractivity contribution in [1.82, 2.24) is 15.1 Å². The Morgan fingerprint density at radius 2 is 1.95 bits per heavy atom.